The molecule has 2 aromatic rings. The topological polar surface area (TPSA) is 143 Å². The van der Waals surface area contributed by atoms with Gasteiger partial charge in [0.2, 0.25) is 0 Å². The molecule has 1 aliphatic rings. The molecular weight excluding hydrogens is 344 g/mol. The maximum absolute atomic E-state index is 10.0. The van der Waals surface area contributed by atoms with Crippen LogP contribution in [0.1, 0.15) is 31.9 Å². The summed E-state index contributed by atoms with van der Waals surface area (Å²) in [4.78, 5) is 12.8. The quantitative estimate of drug-likeness (QED) is 0.481. The number of hydrogen-bond donors (Lipinski definition) is 3. The maximum atomic E-state index is 10.0. The molecule has 0 bridgehead atoms. The van der Waals surface area contributed by atoms with E-state index in [2.05, 4.69) is 21.0 Å². The maximum Gasteiger partial charge on any atom is 0.172 e. The summed E-state index contributed by atoms with van der Waals surface area (Å²) in [6, 6.07) is 2.13. The van der Waals surface area contributed by atoms with Crippen LogP contribution >= 0.6 is 11.8 Å². The van der Waals surface area contributed by atoms with E-state index in [9.17, 15) is 10.2 Å². The number of nitrogens with zero attached hydrogens (tertiary/aromatic N) is 5. The highest BCUT2D eigenvalue weighted by molar-refractivity contribution is 7.99. The average molecular weight is 364 g/mol. The van der Waals surface area contributed by atoms with E-state index >= 15 is 0 Å². The van der Waals surface area contributed by atoms with Crippen molar-refractivity contribution >= 4 is 28.7 Å². The third-order valence-corrected chi connectivity index (χ3v) is 5.10. The minimum absolute atomic E-state index is 0.252. The van der Waals surface area contributed by atoms with Crippen LogP contribution in [0, 0.1) is 11.3 Å². The van der Waals surface area contributed by atoms with E-state index in [4.69, 9.17) is 15.7 Å². The van der Waals surface area contributed by atoms with Gasteiger partial charge in [-0.15, -0.1) is 0 Å². The summed E-state index contributed by atoms with van der Waals surface area (Å²) in [5, 5.41) is 28.6. The van der Waals surface area contributed by atoms with E-state index in [1.54, 1.807) is 4.57 Å². The molecule has 3 heterocycles. The van der Waals surface area contributed by atoms with Crippen LogP contribution in [-0.4, -0.2) is 54.3 Å². The number of anilines is 1. The number of unbranched alkanes of at least 4 members (excludes halogenated alkanes) is 2. The Bertz CT molecular complexity index is 776. The second-order valence-electron chi connectivity index (χ2n) is 5.77. The van der Waals surface area contributed by atoms with Crippen LogP contribution < -0.4 is 5.73 Å². The van der Waals surface area contributed by atoms with Crippen molar-refractivity contribution in [3.05, 3.63) is 6.33 Å². The molecule has 2 aromatic heterocycles. The second kappa shape index (κ2) is 7.97. The summed E-state index contributed by atoms with van der Waals surface area (Å²) in [5.41, 5.74) is 6.95. The first-order valence-electron chi connectivity index (χ1n) is 8.08. The van der Waals surface area contributed by atoms with E-state index in [0.717, 1.165) is 18.6 Å². The van der Waals surface area contributed by atoms with Crippen LogP contribution in [0.15, 0.2) is 11.5 Å². The number of nitriles is 1. The third kappa shape index (κ3) is 3.69. The largest absolute Gasteiger partial charge is 0.394 e. The van der Waals surface area contributed by atoms with Gasteiger partial charge in [0.25, 0.3) is 0 Å². The first kappa shape index (κ1) is 17.9. The zero-order chi connectivity index (χ0) is 17.8. The Morgan fingerprint density at radius 2 is 2.28 bits per heavy atom. The lowest BCUT2D eigenvalue weighted by Gasteiger charge is -2.16. The number of hydrogen-bond acceptors (Lipinski definition) is 9. The lowest BCUT2D eigenvalue weighted by atomic mass is 10.2. The van der Waals surface area contributed by atoms with E-state index in [1.807, 2.05) is 0 Å². The zero-order valence-electron chi connectivity index (χ0n) is 13.6. The van der Waals surface area contributed by atoms with Crippen LogP contribution in [0.25, 0.3) is 11.2 Å². The molecule has 134 valence electrons. The molecule has 0 saturated carbocycles. The van der Waals surface area contributed by atoms with Crippen molar-refractivity contribution in [1.29, 1.82) is 5.26 Å². The lowest BCUT2D eigenvalue weighted by Crippen LogP contribution is -2.24. The summed E-state index contributed by atoms with van der Waals surface area (Å²) < 4.78 is 7.57. The van der Waals surface area contributed by atoms with E-state index < -0.39 is 18.4 Å². The van der Waals surface area contributed by atoms with Crippen molar-refractivity contribution < 1.29 is 14.9 Å². The van der Waals surface area contributed by atoms with Crippen LogP contribution in [0.5, 0.6) is 0 Å². The fourth-order valence-corrected chi connectivity index (χ4v) is 3.80. The van der Waals surface area contributed by atoms with Gasteiger partial charge in [0, 0.05) is 18.6 Å². The molecule has 0 amide bonds. The van der Waals surface area contributed by atoms with Crippen LogP contribution in [0.2, 0.25) is 0 Å². The van der Waals surface area contributed by atoms with Gasteiger partial charge in [0.1, 0.15) is 18.7 Å². The number of ether oxygens (including phenoxy) is 1. The fraction of sp³-hybridized carbons (Fsp3) is 0.600. The van der Waals surface area contributed by atoms with Gasteiger partial charge in [-0.05, 0) is 12.8 Å². The van der Waals surface area contributed by atoms with Crippen molar-refractivity contribution in [3.8, 4) is 6.07 Å². The van der Waals surface area contributed by atoms with Crippen LogP contribution in [-0.2, 0) is 4.74 Å². The SMILES string of the molecule is N#CCCCCSc1nc2c(N)ncnc2n1C1C[C@H](O)[C@@H](CO)O1. The van der Waals surface area contributed by atoms with Gasteiger partial charge in [0.15, 0.2) is 22.1 Å². The summed E-state index contributed by atoms with van der Waals surface area (Å²) in [5.74, 6) is 1.07. The molecule has 0 radical (unpaired) electrons. The minimum atomic E-state index is -0.750. The molecular formula is C15H20N6O3S. The van der Waals surface area contributed by atoms with Crippen molar-refractivity contribution in [2.45, 2.75) is 49.3 Å². The highest BCUT2D eigenvalue weighted by atomic mass is 32.2. The monoisotopic (exact) mass is 364 g/mol. The molecule has 0 aliphatic carbocycles. The lowest BCUT2D eigenvalue weighted by molar-refractivity contribution is -0.0457. The highest BCUT2D eigenvalue weighted by Gasteiger charge is 2.36. The molecule has 9 nitrogen and oxygen atoms in total. The van der Waals surface area contributed by atoms with Gasteiger partial charge in [-0.2, -0.15) is 5.26 Å². The Kier molecular flexibility index (Phi) is 5.70. The number of imidazole rings is 1. The normalized spacial score (nSPS) is 23.2. The second-order valence-corrected chi connectivity index (χ2v) is 6.84. The predicted octanol–water partition coefficient (Wildman–Crippen LogP) is 0.835. The number of nitrogen functional groups attached to an aromatic ring is 1. The standard InChI is InChI=1S/C15H20N6O3S/c16-4-2-1-3-5-25-15-20-12-13(17)18-8-19-14(12)21(15)11-6-9(23)10(7-22)24-11/h8-11,22-23H,1-3,5-7H2,(H2,17,18,19)/t9-,10+,11?/m0/s1. The van der Waals surface area contributed by atoms with E-state index in [1.165, 1.54) is 18.1 Å². The zero-order valence-corrected chi connectivity index (χ0v) is 14.4. The van der Waals surface area contributed by atoms with Gasteiger partial charge >= 0.3 is 0 Å². The molecule has 1 aliphatic heterocycles. The number of nitrogens with two attached hydrogens (primary N) is 1. The molecule has 25 heavy (non-hydrogen) atoms. The van der Waals surface area contributed by atoms with Gasteiger partial charge < -0.3 is 20.7 Å². The molecule has 1 unspecified atom stereocenters. The average Bonchev–Trinajstić information content (AvgIpc) is 3.15. The molecule has 3 atom stereocenters. The Hall–Kier alpha value is -1.93. The number of thioether (sulfide) groups is 1. The van der Waals surface area contributed by atoms with Crippen LogP contribution in [0.3, 0.4) is 0 Å². The number of aliphatic hydroxyl groups is 2. The summed E-state index contributed by atoms with van der Waals surface area (Å²) in [6.45, 7) is -0.252. The summed E-state index contributed by atoms with van der Waals surface area (Å²) in [7, 11) is 0. The summed E-state index contributed by atoms with van der Waals surface area (Å²) in [6.07, 6.45) is 2.09. The van der Waals surface area contributed by atoms with Crippen molar-refractivity contribution in [3.63, 3.8) is 0 Å². The van der Waals surface area contributed by atoms with Gasteiger partial charge in [-0.3, -0.25) is 4.57 Å². The molecule has 0 spiro atoms. The highest BCUT2D eigenvalue weighted by Crippen LogP contribution is 2.36. The van der Waals surface area contributed by atoms with Gasteiger partial charge in [-0.25, -0.2) is 15.0 Å². The number of aliphatic hydroxyl groups excluding tert-OH is 2. The van der Waals surface area contributed by atoms with Gasteiger partial charge in [-0.1, -0.05) is 11.8 Å². The smallest absolute Gasteiger partial charge is 0.172 e. The van der Waals surface area contributed by atoms with Crippen molar-refractivity contribution in [2.24, 2.45) is 0 Å². The molecule has 1 saturated heterocycles. The Balaban J connectivity index is 1.88. The Labute approximate surface area is 148 Å². The molecule has 4 N–H and O–H groups in total. The van der Waals surface area contributed by atoms with Crippen molar-refractivity contribution in [1.82, 2.24) is 19.5 Å². The van der Waals surface area contributed by atoms with Gasteiger partial charge in [0.05, 0.1) is 18.8 Å². The molecule has 3 rings (SSSR count). The Morgan fingerprint density at radius 1 is 1.44 bits per heavy atom. The fourth-order valence-electron chi connectivity index (χ4n) is 2.77. The molecule has 1 fully saturated rings. The molecule has 10 heteroatoms. The third-order valence-electron chi connectivity index (χ3n) is 4.06. The number of rotatable bonds is 7. The van der Waals surface area contributed by atoms with Crippen molar-refractivity contribution in [2.75, 3.05) is 18.1 Å². The van der Waals surface area contributed by atoms with Crippen LogP contribution in [0.4, 0.5) is 5.82 Å². The minimum Gasteiger partial charge on any atom is -0.394 e. The number of aromatic nitrogens is 4. The van der Waals surface area contributed by atoms with E-state index in [-0.39, 0.29) is 12.4 Å². The number of fused-ring (bicyclic) bond motifs is 1. The Morgan fingerprint density at radius 3 is 3.00 bits per heavy atom. The predicted molar refractivity (Wildman–Crippen MR) is 91.5 cm³/mol. The first-order chi connectivity index (χ1) is 12.2. The van der Waals surface area contributed by atoms with E-state index in [0.29, 0.717) is 29.2 Å². The first-order valence-corrected chi connectivity index (χ1v) is 9.06. The molecule has 0 aromatic carbocycles. The summed E-state index contributed by atoms with van der Waals surface area (Å²) >= 11 is 1.52.